The van der Waals surface area contributed by atoms with E-state index in [4.69, 9.17) is 5.73 Å². The predicted octanol–water partition coefficient (Wildman–Crippen LogP) is 1.66. The van der Waals surface area contributed by atoms with Crippen LogP contribution in [0.3, 0.4) is 0 Å². The van der Waals surface area contributed by atoms with E-state index in [2.05, 4.69) is 12.1 Å². The molecule has 1 fully saturated rings. The maximum atomic E-state index is 12.3. The van der Waals surface area contributed by atoms with E-state index < -0.39 is 0 Å². The number of rotatable bonds is 1. The SMILES string of the molecule is N[C@H]1CC[C@H](C(=O)N2Cc3ccccc3C2)C1. The molecular weight excluding hydrogens is 212 g/mol. The second-order valence-electron chi connectivity index (χ2n) is 5.23. The fourth-order valence-corrected chi connectivity index (χ4v) is 2.99. The lowest BCUT2D eigenvalue weighted by Crippen LogP contribution is -2.31. The monoisotopic (exact) mass is 230 g/mol. The van der Waals surface area contributed by atoms with Crippen LogP contribution in [0.15, 0.2) is 24.3 Å². The summed E-state index contributed by atoms with van der Waals surface area (Å²) in [7, 11) is 0. The number of benzene rings is 1. The lowest BCUT2D eigenvalue weighted by molar-refractivity contribution is -0.136. The van der Waals surface area contributed by atoms with Gasteiger partial charge in [-0.05, 0) is 30.4 Å². The van der Waals surface area contributed by atoms with Crippen molar-refractivity contribution in [3.63, 3.8) is 0 Å². The molecule has 1 amide bonds. The third-order valence-electron chi connectivity index (χ3n) is 3.97. The number of carbonyl (C=O) groups excluding carboxylic acids is 1. The fourth-order valence-electron chi connectivity index (χ4n) is 2.99. The lowest BCUT2D eigenvalue weighted by Gasteiger charge is -2.19. The van der Waals surface area contributed by atoms with E-state index in [-0.39, 0.29) is 12.0 Å². The Morgan fingerprint density at radius 3 is 2.35 bits per heavy atom. The molecule has 3 heteroatoms. The van der Waals surface area contributed by atoms with E-state index in [0.29, 0.717) is 5.91 Å². The first-order valence-electron chi connectivity index (χ1n) is 6.35. The molecule has 1 saturated carbocycles. The summed E-state index contributed by atoms with van der Waals surface area (Å²) in [6.07, 6.45) is 2.83. The van der Waals surface area contributed by atoms with Gasteiger partial charge in [0.05, 0.1) is 0 Å². The van der Waals surface area contributed by atoms with Crippen LogP contribution in [0, 0.1) is 5.92 Å². The Bertz CT molecular complexity index is 419. The normalized spacial score (nSPS) is 27.2. The predicted molar refractivity (Wildman–Crippen MR) is 66.0 cm³/mol. The van der Waals surface area contributed by atoms with Crippen LogP contribution >= 0.6 is 0 Å². The Morgan fingerprint density at radius 1 is 1.18 bits per heavy atom. The van der Waals surface area contributed by atoms with Gasteiger partial charge in [-0.15, -0.1) is 0 Å². The Balaban J connectivity index is 1.70. The minimum atomic E-state index is 0.166. The van der Waals surface area contributed by atoms with Gasteiger partial charge in [-0.3, -0.25) is 4.79 Å². The van der Waals surface area contributed by atoms with Gasteiger partial charge in [-0.1, -0.05) is 24.3 Å². The van der Waals surface area contributed by atoms with Crippen molar-refractivity contribution in [1.29, 1.82) is 0 Å². The van der Waals surface area contributed by atoms with Gasteiger partial charge in [0.15, 0.2) is 0 Å². The highest BCUT2D eigenvalue weighted by atomic mass is 16.2. The second kappa shape index (κ2) is 4.15. The Kier molecular flexibility index (Phi) is 2.63. The van der Waals surface area contributed by atoms with E-state index in [1.165, 1.54) is 11.1 Å². The number of hydrogen-bond acceptors (Lipinski definition) is 2. The molecule has 17 heavy (non-hydrogen) atoms. The van der Waals surface area contributed by atoms with Crippen LogP contribution in [-0.2, 0) is 17.9 Å². The van der Waals surface area contributed by atoms with Crippen molar-refractivity contribution in [2.24, 2.45) is 11.7 Å². The molecule has 2 N–H and O–H groups in total. The summed E-state index contributed by atoms with van der Waals surface area (Å²) in [5, 5.41) is 0. The third kappa shape index (κ3) is 1.95. The van der Waals surface area contributed by atoms with Crippen LogP contribution in [-0.4, -0.2) is 16.8 Å². The van der Waals surface area contributed by atoms with Gasteiger partial charge in [-0.2, -0.15) is 0 Å². The first-order valence-corrected chi connectivity index (χ1v) is 6.35. The van der Waals surface area contributed by atoms with Gasteiger partial charge in [-0.25, -0.2) is 0 Å². The molecule has 1 aromatic rings. The van der Waals surface area contributed by atoms with Crippen LogP contribution in [0.5, 0.6) is 0 Å². The average molecular weight is 230 g/mol. The summed E-state index contributed by atoms with van der Waals surface area (Å²) >= 11 is 0. The fraction of sp³-hybridized carbons (Fsp3) is 0.500. The summed E-state index contributed by atoms with van der Waals surface area (Å²) in [6, 6.07) is 8.54. The highest BCUT2D eigenvalue weighted by molar-refractivity contribution is 5.80. The maximum absolute atomic E-state index is 12.3. The number of fused-ring (bicyclic) bond motifs is 1. The first kappa shape index (κ1) is 10.8. The van der Waals surface area contributed by atoms with Crippen LogP contribution in [0.2, 0.25) is 0 Å². The molecule has 2 atom stereocenters. The lowest BCUT2D eigenvalue weighted by atomic mass is 10.1. The van der Waals surface area contributed by atoms with Crippen LogP contribution in [0.4, 0.5) is 0 Å². The van der Waals surface area contributed by atoms with Gasteiger partial charge >= 0.3 is 0 Å². The first-order chi connectivity index (χ1) is 8.24. The molecule has 0 spiro atoms. The zero-order valence-corrected chi connectivity index (χ0v) is 9.93. The van der Waals surface area contributed by atoms with Crippen LogP contribution in [0.1, 0.15) is 30.4 Å². The molecule has 3 rings (SSSR count). The van der Waals surface area contributed by atoms with E-state index in [0.717, 1.165) is 32.4 Å². The highest BCUT2D eigenvalue weighted by Gasteiger charge is 2.33. The number of hydrogen-bond donors (Lipinski definition) is 1. The molecule has 1 aromatic carbocycles. The molecule has 0 radical (unpaired) electrons. The molecule has 0 unspecified atom stereocenters. The molecule has 0 bridgehead atoms. The molecule has 1 aliphatic heterocycles. The minimum absolute atomic E-state index is 0.166. The average Bonchev–Trinajstić information content (AvgIpc) is 2.93. The number of nitrogens with two attached hydrogens (primary N) is 1. The maximum Gasteiger partial charge on any atom is 0.226 e. The third-order valence-corrected chi connectivity index (χ3v) is 3.97. The van der Waals surface area contributed by atoms with Crippen molar-refractivity contribution in [2.75, 3.05) is 0 Å². The number of nitrogens with zero attached hydrogens (tertiary/aromatic N) is 1. The summed E-state index contributed by atoms with van der Waals surface area (Å²) in [4.78, 5) is 14.3. The molecule has 90 valence electrons. The van der Waals surface area contributed by atoms with Crippen molar-refractivity contribution < 1.29 is 4.79 Å². The van der Waals surface area contributed by atoms with Crippen molar-refractivity contribution >= 4 is 5.91 Å². The second-order valence-corrected chi connectivity index (χ2v) is 5.23. The molecular formula is C14H18N2O. The van der Waals surface area contributed by atoms with Crippen molar-refractivity contribution in [3.8, 4) is 0 Å². The Labute approximate surface area is 102 Å². The highest BCUT2D eigenvalue weighted by Crippen LogP contribution is 2.30. The smallest absolute Gasteiger partial charge is 0.226 e. The van der Waals surface area contributed by atoms with E-state index in [1.807, 2.05) is 17.0 Å². The van der Waals surface area contributed by atoms with E-state index in [1.54, 1.807) is 0 Å². The van der Waals surface area contributed by atoms with Crippen molar-refractivity contribution in [1.82, 2.24) is 4.90 Å². The van der Waals surface area contributed by atoms with Crippen molar-refractivity contribution in [2.45, 2.75) is 38.4 Å². The van der Waals surface area contributed by atoms with E-state index in [9.17, 15) is 4.79 Å². The van der Waals surface area contributed by atoms with Crippen LogP contribution < -0.4 is 5.73 Å². The molecule has 1 heterocycles. The van der Waals surface area contributed by atoms with Gasteiger partial charge in [0.2, 0.25) is 5.91 Å². The Morgan fingerprint density at radius 2 is 1.82 bits per heavy atom. The number of amides is 1. The van der Waals surface area contributed by atoms with Gasteiger partial charge in [0.25, 0.3) is 0 Å². The standard InChI is InChI=1S/C14H18N2O/c15-13-6-5-10(7-13)14(17)16-8-11-3-1-2-4-12(11)9-16/h1-4,10,13H,5-9,15H2/t10-,13-/m0/s1. The quantitative estimate of drug-likeness (QED) is 0.797. The summed E-state index contributed by atoms with van der Waals surface area (Å²) in [5.74, 6) is 0.466. The largest absolute Gasteiger partial charge is 0.334 e. The summed E-state index contributed by atoms with van der Waals surface area (Å²) in [5.41, 5.74) is 8.46. The molecule has 2 aliphatic rings. The Hall–Kier alpha value is -1.35. The topological polar surface area (TPSA) is 46.3 Å². The zero-order valence-electron chi connectivity index (χ0n) is 9.93. The van der Waals surface area contributed by atoms with Crippen molar-refractivity contribution in [3.05, 3.63) is 35.4 Å². The zero-order chi connectivity index (χ0) is 11.8. The van der Waals surface area contributed by atoms with Gasteiger partial charge in [0.1, 0.15) is 0 Å². The van der Waals surface area contributed by atoms with Gasteiger partial charge in [0, 0.05) is 25.0 Å². The van der Waals surface area contributed by atoms with E-state index >= 15 is 0 Å². The minimum Gasteiger partial charge on any atom is -0.334 e. The molecule has 3 nitrogen and oxygen atoms in total. The number of carbonyl (C=O) groups is 1. The molecule has 0 aromatic heterocycles. The van der Waals surface area contributed by atoms with Gasteiger partial charge < -0.3 is 10.6 Å². The van der Waals surface area contributed by atoms with Crippen LogP contribution in [0.25, 0.3) is 0 Å². The molecule has 0 saturated heterocycles. The molecule has 1 aliphatic carbocycles. The summed E-state index contributed by atoms with van der Waals surface area (Å²) < 4.78 is 0. The summed E-state index contributed by atoms with van der Waals surface area (Å²) in [6.45, 7) is 1.56.